The van der Waals surface area contributed by atoms with Crippen molar-refractivity contribution in [3.63, 3.8) is 0 Å². The van der Waals surface area contributed by atoms with E-state index in [1.165, 1.54) is 77.0 Å². The van der Waals surface area contributed by atoms with Crippen molar-refractivity contribution in [1.82, 2.24) is 0 Å². The fourth-order valence-corrected chi connectivity index (χ4v) is 8.38. The first kappa shape index (κ1) is 70.8. The molecule has 0 aliphatic carbocycles. The van der Waals surface area contributed by atoms with Crippen LogP contribution in [0.3, 0.4) is 0 Å². The molecular weight excluding hydrogens is 925 g/mol. The summed E-state index contributed by atoms with van der Waals surface area (Å²) >= 11 is 0. The molecule has 0 aliphatic heterocycles. The van der Waals surface area contributed by atoms with E-state index in [1.54, 1.807) is 0 Å². The number of carbonyl (C=O) groups is 3. The van der Waals surface area contributed by atoms with Gasteiger partial charge in [0.25, 0.3) is 0 Å². The predicted octanol–water partition coefficient (Wildman–Crippen LogP) is 21.2. The Morgan fingerprint density at radius 1 is 0.280 bits per heavy atom. The van der Waals surface area contributed by atoms with E-state index in [2.05, 4.69) is 142 Å². The number of hydrogen-bond donors (Lipinski definition) is 0. The van der Waals surface area contributed by atoms with Crippen molar-refractivity contribution in [1.29, 1.82) is 0 Å². The lowest BCUT2D eigenvalue weighted by atomic mass is 10.0. The molecule has 0 aromatic heterocycles. The van der Waals surface area contributed by atoms with Crippen LogP contribution in [0.15, 0.2) is 122 Å². The van der Waals surface area contributed by atoms with E-state index in [-0.39, 0.29) is 31.1 Å². The van der Waals surface area contributed by atoms with Crippen LogP contribution in [0.4, 0.5) is 0 Å². The van der Waals surface area contributed by atoms with Crippen LogP contribution in [0.2, 0.25) is 0 Å². The van der Waals surface area contributed by atoms with E-state index in [1.807, 2.05) is 0 Å². The second-order valence-electron chi connectivity index (χ2n) is 20.2. The van der Waals surface area contributed by atoms with Crippen LogP contribution in [0.5, 0.6) is 0 Å². The van der Waals surface area contributed by atoms with Crippen molar-refractivity contribution in [2.45, 2.75) is 284 Å². The third-order valence-corrected chi connectivity index (χ3v) is 13.0. The summed E-state index contributed by atoms with van der Waals surface area (Å²) < 4.78 is 16.9. The monoisotopic (exact) mass is 1040 g/mol. The van der Waals surface area contributed by atoms with Crippen molar-refractivity contribution in [2.24, 2.45) is 0 Å². The number of rotatable bonds is 55. The topological polar surface area (TPSA) is 78.9 Å². The number of carbonyl (C=O) groups excluding carboxylic acids is 3. The molecule has 0 aromatic carbocycles. The maximum atomic E-state index is 12.9. The first-order valence-electron chi connectivity index (χ1n) is 31.0. The molecule has 426 valence electrons. The Kier molecular flexibility index (Phi) is 58.9. The average molecular weight is 1040 g/mol. The van der Waals surface area contributed by atoms with Gasteiger partial charge in [0.15, 0.2) is 6.10 Å². The number of unbranched alkanes of at least 4 members (excludes halogenated alkanes) is 24. The fourth-order valence-electron chi connectivity index (χ4n) is 8.38. The van der Waals surface area contributed by atoms with Gasteiger partial charge in [-0.2, -0.15) is 0 Å². The van der Waals surface area contributed by atoms with E-state index in [9.17, 15) is 14.4 Å². The lowest BCUT2D eigenvalue weighted by Crippen LogP contribution is -2.30. The van der Waals surface area contributed by atoms with Gasteiger partial charge in [-0.3, -0.25) is 14.4 Å². The van der Waals surface area contributed by atoms with Crippen molar-refractivity contribution < 1.29 is 28.6 Å². The van der Waals surface area contributed by atoms with Gasteiger partial charge in [-0.15, -0.1) is 0 Å². The Bertz CT molecular complexity index is 1570. The zero-order valence-electron chi connectivity index (χ0n) is 48.8. The molecular formula is C69H114O6. The van der Waals surface area contributed by atoms with E-state index in [4.69, 9.17) is 14.2 Å². The highest BCUT2D eigenvalue weighted by atomic mass is 16.6. The van der Waals surface area contributed by atoms with Gasteiger partial charge in [-0.05, 0) is 109 Å². The smallest absolute Gasteiger partial charge is 0.306 e. The summed E-state index contributed by atoms with van der Waals surface area (Å²) in [4.78, 5) is 38.3. The molecule has 0 bridgehead atoms. The summed E-state index contributed by atoms with van der Waals surface area (Å²) in [5.41, 5.74) is 0. The SMILES string of the molecule is CC/C=C\C/C=C\C/C=C\C/C=C\C/C=C\C/C=C\C/C=C\CCCCCCCC(=O)OCC(COC(=O)CCCCCCCCCCCCCCCCC)OC(=O)CCCCCCC/C=C\C/C=C\C/C=C\CC. The Balaban J connectivity index is 4.39. The minimum atomic E-state index is -0.798. The maximum Gasteiger partial charge on any atom is 0.306 e. The van der Waals surface area contributed by atoms with Crippen LogP contribution < -0.4 is 0 Å². The molecule has 0 N–H and O–H groups in total. The lowest BCUT2D eigenvalue weighted by molar-refractivity contribution is -0.167. The summed E-state index contributed by atoms with van der Waals surface area (Å²) in [6, 6.07) is 0. The molecule has 0 radical (unpaired) electrons. The molecule has 0 amide bonds. The molecule has 0 saturated heterocycles. The minimum absolute atomic E-state index is 0.0916. The third-order valence-electron chi connectivity index (χ3n) is 13.0. The molecule has 6 nitrogen and oxygen atoms in total. The Labute approximate surface area is 462 Å². The van der Waals surface area contributed by atoms with Gasteiger partial charge < -0.3 is 14.2 Å². The number of hydrogen-bond acceptors (Lipinski definition) is 6. The van der Waals surface area contributed by atoms with Crippen LogP contribution in [0, 0.1) is 0 Å². The summed E-state index contributed by atoms with van der Waals surface area (Å²) in [5.74, 6) is -0.925. The second kappa shape index (κ2) is 62.4. The highest BCUT2D eigenvalue weighted by molar-refractivity contribution is 5.71. The summed E-state index contributed by atoms with van der Waals surface area (Å²) in [5, 5.41) is 0. The van der Waals surface area contributed by atoms with Crippen LogP contribution in [0.1, 0.15) is 278 Å². The van der Waals surface area contributed by atoms with Gasteiger partial charge >= 0.3 is 17.9 Å². The molecule has 0 rings (SSSR count). The average Bonchev–Trinajstić information content (AvgIpc) is 3.41. The van der Waals surface area contributed by atoms with E-state index in [0.29, 0.717) is 19.3 Å². The van der Waals surface area contributed by atoms with Crippen molar-refractivity contribution in [3.8, 4) is 0 Å². The van der Waals surface area contributed by atoms with Crippen molar-refractivity contribution >= 4 is 17.9 Å². The Hall–Kier alpha value is -4.19. The molecule has 75 heavy (non-hydrogen) atoms. The van der Waals surface area contributed by atoms with Gasteiger partial charge in [-0.1, -0.05) is 271 Å². The standard InChI is InChI=1S/C69H114O6/c1-4-7-10-13-16-19-22-25-28-29-30-31-32-33-34-35-36-37-38-39-42-44-47-50-53-56-59-62-68(71)74-65-66(75-69(72)63-60-57-54-51-48-45-41-27-24-21-18-15-12-9-6-3)64-73-67(70)61-58-55-52-49-46-43-40-26-23-20-17-14-11-8-5-2/h7,9-10,12,16,18-19,21,25,27-28,30-31,33-34,36-37,39,41-42,66H,4-6,8,11,13-15,17,20,22-24,26,29,32,35,38,40,43-65H2,1-3H3/b10-7-,12-9-,19-16-,21-18-,28-25-,31-30-,34-33-,37-36-,41-27-,42-39-. The van der Waals surface area contributed by atoms with Gasteiger partial charge in [-0.25, -0.2) is 0 Å². The predicted molar refractivity (Wildman–Crippen MR) is 325 cm³/mol. The molecule has 1 atom stereocenters. The maximum absolute atomic E-state index is 12.9. The lowest BCUT2D eigenvalue weighted by Gasteiger charge is -2.18. The summed E-state index contributed by atoms with van der Waals surface area (Å²) in [6.07, 6.45) is 86.2. The Morgan fingerprint density at radius 2 is 0.520 bits per heavy atom. The molecule has 0 heterocycles. The third kappa shape index (κ3) is 60.6. The first-order valence-corrected chi connectivity index (χ1v) is 31.0. The summed E-state index contributed by atoms with van der Waals surface area (Å²) in [7, 11) is 0. The largest absolute Gasteiger partial charge is 0.462 e. The summed E-state index contributed by atoms with van der Waals surface area (Å²) in [6.45, 7) is 6.40. The zero-order chi connectivity index (χ0) is 54.3. The van der Waals surface area contributed by atoms with Crippen LogP contribution in [-0.4, -0.2) is 37.2 Å². The zero-order valence-corrected chi connectivity index (χ0v) is 48.8. The molecule has 0 fully saturated rings. The minimum Gasteiger partial charge on any atom is -0.462 e. The van der Waals surface area contributed by atoms with Crippen LogP contribution in [-0.2, 0) is 28.6 Å². The fraction of sp³-hybridized carbons (Fsp3) is 0.667. The van der Waals surface area contributed by atoms with Gasteiger partial charge in [0.05, 0.1) is 0 Å². The molecule has 0 spiro atoms. The van der Waals surface area contributed by atoms with Crippen molar-refractivity contribution in [2.75, 3.05) is 13.2 Å². The van der Waals surface area contributed by atoms with Gasteiger partial charge in [0.2, 0.25) is 0 Å². The van der Waals surface area contributed by atoms with E-state index >= 15 is 0 Å². The van der Waals surface area contributed by atoms with Crippen LogP contribution in [0.25, 0.3) is 0 Å². The highest BCUT2D eigenvalue weighted by Crippen LogP contribution is 2.15. The van der Waals surface area contributed by atoms with Crippen molar-refractivity contribution in [3.05, 3.63) is 122 Å². The molecule has 1 unspecified atom stereocenters. The van der Waals surface area contributed by atoms with Gasteiger partial charge in [0.1, 0.15) is 13.2 Å². The normalized spacial score (nSPS) is 12.9. The Morgan fingerprint density at radius 3 is 0.813 bits per heavy atom. The molecule has 0 aromatic rings. The number of esters is 3. The quantitative estimate of drug-likeness (QED) is 0.0261. The van der Waals surface area contributed by atoms with E-state index in [0.717, 1.165) is 161 Å². The first-order chi connectivity index (χ1) is 37.0. The number of ether oxygens (including phenoxy) is 3. The van der Waals surface area contributed by atoms with Gasteiger partial charge in [0, 0.05) is 19.3 Å². The second-order valence-corrected chi connectivity index (χ2v) is 20.2. The number of allylic oxidation sites excluding steroid dienone is 20. The van der Waals surface area contributed by atoms with Crippen LogP contribution >= 0.6 is 0 Å². The van der Waals surface area contributed by atoms with E-state index < -0.39 is 6.10 Å². The molecule has 0 saturated carbocycles. The molecule has 6 heteroatoms. The highest BCUT2D eigenvalue weighted by Gasteiger charge is 2.19. The molecule has 0 aliphatic rings.